The number of anilines is 1. The maximum Gasteiger partial charge on any atom is 0.490 e. The Labute approximate surface area is 172 Å². The molecule has 4 aliphatic rings. The molecule has 4 bridgehead atoms. The SMILES string of the molecule is CSc1ccccc1NC(=O)C12C[C@H]3C[C@@H](C1)CC(n1cnc([N+](=O)[O-])n1)(C3)C2. The number of carbonyl (C=O) groups is 1. The second-order valence-electron chi connectivity index (χ2n) is 8.87. The molecule has 4 saturated carbocycles. The molecule has 0 radical (unpaired) electrons. The number of rotatable bonds is 5. The Morgan fingerprint density at radius 1 is 1.28 bits per heavy atom. The third-order valence-corrected chi connectivity index (χ3v) is 7.79. The molecular weight excluding hydrogens is 390 g/mol. The number of carbonyl (C=O) groups excluding carboxylic acids is 1. The monoisotopic (exact) mass is 413 g/mol. The molecule has 9 heteroatoms. The number of nitrogens with one attached hydrogen (secondary N) is 1. The van der Waals surface area contributed by atoms with Crippen LogP contribution in [0.2, 0.25) is 0 Å². The van der Waals surface area contributed by atoms with Crippen LogP contribution in [-0.2, 0) is 10.3 Å². The molecule has 8 nitrogen and oxygen atoms in total. The van der Waals surface area contributed by atoms with Crippen LogP contribution in [0.15, 0.2) is 35.5 Å². The lowest BCUT2D eigenvalue weighted by Crippen LogP contribution is -2.60. The predicted molar refractivity (Wildman–Crippen MR) is 109 cm³/mol. The summed E-state index contributed by atoms with van der Waals surface area (Å²) in [6.07, 6.45) is 8.89. The fraction of sp³-hybridized carbons (Fsp3) is 0.550. The minimum atomic E-state index is -0.557. The molecule has 1 heterocycles. The summed E-state index contributed by atoms with van der Waals surface area (Å²) in [5, 5.41) is 18.4. The van der Waals surface area contributed by atoms with Gasteiger partial charge >= 0.3 is 5.95 Å². The van der Waals surface area contributed by atoms with Crippen LogP contribution in [0, 0.1) is 27.4 Å². The van der Waals surface area contributed by atoms with Gasteiger partial charge in [0.05, 0.1) is 16.6 Å². The smallest absolute Gasteiger partial charge is 0.390 e. The van der Waals surface area contributed by atoms with E-state index in [1.807, 2.05) is 30.5 Å². The van der Waals surface area contributed by atoms with Crippen LogP contribution in [0.1, 0.15) is 38.5 Å². The summed E-state index contributed by atoms with van der Waals surface area (Å²) in [6.45, 7) is 0. The highest BCUT2D eigenvalue weighted by molar-refractivity contribution is 7.98. The first kappa shape index (κ1) is 18.6. The Morgan fingerprint density at radius 3 is 2.66 bits per heavy atom. The Morgan fingerprint density at radius 2 is 2.00 bits per heavy atom. The number of aromatic nitrogens is 3. The normalized spacial score (nSPS) is 32.3. The fourth-order valence-electron chi connectivity index (χ4n) is 6.32. The molecule has 1 aromatic carbocycles. The minimum absolute atomic E-state index is 0.0760. The van der Waals surface area contributed by atoms with Crippen LogP contribution in [0.3, 0.4) is 0 Å². The molecule has 0 saturated heterocycles. The molecule has 2 aromatic rings. The van der Waals surface area contributed by atoms with E-state index >= 15 is 0 Å². The third-order valence-electron chi connectivity index (χ3n) is 7.00. The largest absolute Gasteiger partial charge is 0.490 e. The average Bonchev–Trinajstić information content (AvgIpc) is 3.19. The van der Waals surface area contributed by atoms with Crippen LogP contribution >= 0.6 is 11.8 Å². The lowest BCUT2D eigenvalue weighted by Gasteiger charge is -2.60. The lowest BCUT2D eigenvalue weighted by atomic mass is 9.46. The van der Waals surface area contributed by atoms with Crippen LogP contribution in [0.5, 0.6) is 0 Å². The van der Waals surface area contributed by atoms with Gasteiger partial charge in [0.15, 0.2) is 0 Å². The molecule has 152 valence electrons. The van der Waals surface area contributed by atoms with Gasteiger partial charge in [-0.15, -0.1) is 11.8 Å². The predicted octanol–water partition coefficient (Wildman–Crippen LogP) is 3.84. The van der Waals surface area contributed by atoms with Gasteiger partial charge in [0, 0.05) is 9.99 Å². The molecule has 0 spiro atoms. The molecule has 1 N–H and O–H groups in total. The van der Waals surface area contributed by atoms with E-state index in [9.17, 15) is 14.9 Å². The van der Waals surface area contributed by atoms with Gasteiger partial charge in [-0.3, -0.25) is 4.79 Å². The molecule has 29 heavy (non-hydrogen) atoms. The number of nitrogens with zero attached hydrogens (tertiary/aromatic N) is 4. The van der Waals surface area contributed by atoms with E-state index in [0.29, 0.717) is 18.3 Å². The van der Waals surface area contributed by atoms with Crippen molar-refractivity contribution in [2.75, 3.05) is 11.6 Å². The summed E-state index contributed by atoms with van der Waals surface area (Å²) < 4.78 is 1.69. The number of nitro groups is 1. The Hall–Kier alpha value is -2.42. The standard InChI is InChI=1S/C20H23N5O3S/c1-29-16-5-3-2-4-15(16)22-17(26)19-7-13-6-14(8-19)10-20(9-13,11-19)24-12-21-18(23-24)25(27)28/h2-5,12-14H,6-11H2,1H3,(H,22,26)/t13-,14+,19?,20?. The van der Waals surface area contributed by atoms with Gasteiger partial charge in [-0.25, -0.2) is 0 Å². The van der Waals surface area contributed by atoms with E-state index in [0.717, 1.165) is 42.7 Å². The van der Waals surface area contributed by atoms with Crippen molar-refractivity contribution < 1.29 is 9.72 Å². The Balaban J connectivity index is 1.47. The minimum Gasteiger partial charge on any atom is -0.390 e. The van der Waals surface area contributed by atoms with Gasteiger partial charge in [0.25, 0.3) is 0 Å². The molecule has 1 amide bonds. The first-order valence-electron chi connectivity index (χ1n) is 9.94. The molecule has 1 aromatic heterocycles. The highest BCUT2D eigenvalue weighted by atomic mass is 32.2. The van der Waals surface area contributed by atoms with E-state index < -0.39 is 10.3 Å². The lowest BCUT2D eigenvalue weighted by molar-refractivity contribution is -0.394. The van der Waals surface area contributed by atoms with Crippen molar-refractivity contribution in [2.24, 2.45) is 17.3 Å². The van der Waals surface area contributed by atoms with E-state index in [2.05, 4.69) is 15.4 Å². The first-order valence-corrected chi connectivity index (χ1v) is 11.2. The Kier molecular flexibility index (Phi) is 4.20. The summed E-state index contributed by atoms with van der Waals surface area (Å²) in [4.78, 5) is 29.0. The summed E-state index contributed by atoms with van der Waals surface area (Å²) in [7, 11) is 0. The molecule has 4 aliphatic carbocycles. The van der Waals surface area contributed by atoms with Crippen molar-refractivity contribution in [1.82, 2.24) is 14.8 Å². The number of para-hydroxylation sites is 1. The van der Waals surface area contributed by atoms with Crippen LogP contribution in [-0.4, -0.2) is 31.9 Å². The molecular formula is C20H23N5O3S. The number of amides is 1. The molecule has 2 unspecified atom stereocenters. The maximum atomic E-state index is 13.5. The van der Waals surface area contributed by atoms with E-state index in [4.69, 9.17) is 0 Å². The van der Waals surface area contributed by atoms with Crippen molar-refractivity contribution in [3.8, 4) is 0 Å². The summed E-state index contributed by atoms with van der Waals surface area (Å²) in [5.41, 5.74) is 0.0593. The zero-order chi connectivity index (χ0) is 20.2. The Bertz CT molecular complexity index is 976. The summed E-state index contributed by atoms with van der Waals surface area (Å²) in [6, 6.07) is 7.86. The van der Waals surface area contributed by atoms with Crippen molar-refractivity contribution >= 4 is 29.3 Å². The van der Waals surface area contributed by atoms with Gasteiger partial charge in [-0.2, -0.15) is 4.68 Å². The number of hydrogen-bond acceptors (Lipinski definition) is 6. The third kappa shape index (κ3) is 2.94. The van der Waals surface area contributed by atoms with Crippen molar-refractivity contribution in [1.29, 1.82) is 0 Å². The van der Waals surface area contributed by atoms with Crippen LogP contribution in [0.25, 0.3) is 0 Å². The molecule has 6 rings (SSSR count). The molecule has 4 atom stereocenters. The van der Waals surface area contributed by atoms with Crippen molar-refractivity contribution in [3.63, 3.8) is 0 Å². The maximum absolute atomic E-state index is 13.5. The van der Waals surface area contributed by atoms with Crippen LogP contribution in [0.4, 0.5) is 11.6 Å². The average molecular weight is 414 g/mol. The second kappa shape index (κ2) is 6.55. The topological polar surface area (TPSA) is 103 Å². The number of hydrogen-bond donors (Lipinski definition) is 1. The van der Waals surface area contributed by atoms with Crippen molar-refractivity contribution in [3.05, 3.63) is 40.7 Å². The van der Waals surface area contributed by atoms with Gasteiger partial charge in [-0.05, 0) is 73.7 Å². The molecule has 0 aliphatic heterocycles. The van der Waals surface area contributed by atoms with Gasteiger partial charge in [0.1, 0.15) is 0 Å². The quantitative estimate of drug-likeness (QED) is 0.454. The van der Waals surface area contributed by atoms with Gasteiger partial charge in [-0.1, -0.05) is 17.1 Å². The number of thioether (sulfide) groups is 1. The van der Waals surface area contributed by atoms with Gasteiger partial charge in [0.2, 0.25) is 12.2 Å². The summed E-state index contributed by atoms with van der Waals surface area (Å²) >= 11 is 1.62. The number of benzene rings is 1. The first-order chi connectivity index (χ1) is 13.9. The van der Waals surface area contributed by atoms with Crippen LogP contribution < -0.4 is 5.32 Å². The zero-order valence-corrected chi connectivity index (χ0v) is 17.0. The molecule has 4 fully saturated rings. The zero-order valence-electron chi connectivity index (χ0n) is 16.2. The summed E-state index contributed by atoms with van der Waals surface area (Å²) in [5.74, 6) is 0.599. The van der Waals surface area contributed by atoms with E-state index in [-0.39, 0.29) is 17.4 Å². The van der Waals surface area contributed by atoms with E-state index in [1.165, 1.54) is 6.33 Å². The van der Waals surface area contributed by atoms with Crippen molar-refractivity contribution in [2.45, 2.75) is 49.0 Å². The van der Waals surface area contributed by atoms with Gasteiger partial charge < -0.3 is 15.4 Å². The highest BCUT2D eigenvalue weighted by Crippen LogP contribution is 2.64. The second-order valence-corrected chi connectivity index (χ2v) is 9.71. The highest BCUT2D eigenvalue weighted by Gasteiger charge is 2.62. The fourth-order valence-corrected chi connectivity index (χ4v) is 6.87. The van der Waals surface area contributed by atoms with E-state index in [1.54, 1.807) is 16.4 Å².